The molecule has 1 aromatic carbocycles. The first-order chi connectivity index (χ1) is 14.7. The molecule has 166 valence electrons. The summed E-state index contributed by atoms with van der Waals surface area (Å²) in [6.45, 7) is 7.54. The third kappa shape index (κ3) is 4.39. The lowest BCUT2D eigenvalue weighted by molar-refractivity contribution is -0.122. The third-order valence-electron chi connectivity index (χ3n) is 5.58. The Hall–Kier alpha value is -1.52. The number of rotatable bonds is 4. The highest BCUT2D eigenvalue weighted by molar-refractivity contribution is 7.91. The summed E-state index contributed by atoms with van der Waals surface area (Å²) >= 11 is 8.49. The lowest BCUT2D eigenvalue weighted by Crippen LogP contribution is -2.40. The largest absolute Gasteiger partial charge is 0.317 e. The summed E-state index contributed by atoms with van der Waals surface area (Å²) in [6.07, 6.45) is 0.936. The van der Waals surface area contributed by atoms with Crippen LogP contribution in [-0.2, 0) is 21.4 Å². The molecular weight excluding hydrogens is 474 g/mol. The molecule has 10 heteroatoms. The zero-order valence-electron chi connectivity index (χ0n) is 17.6. The first-order valence-electron chi connectivity index (χ1n) is 10.2. The molecule has 0 spiro atoms. The van der Waals surface area contributed by atoms with E-state index in [2.05, 4.69) is 35.5 Å². The Kier molecular flexibility index (Phi) is 6.42. The number of amides is 1. The molecule has 3 aromatic rings. The molecule has 1 aliphatic rings. The molecule has 0 atom stereocenters. The van der Waals surface area contributed by atoms with Gasteiger partial charge in [-0.25, -0.2) is 8.42 Å². The number of sulfonamides is 1. The van der Waals surface area contributed by atoms with Gasteiger partial charge < -0.3 is 4.57 Å². The molecule has 0 unspecified atom stereocenters. The van der Waals surface area contributed by atoms with E-state index >= 15 is 0 Å². The van der Waals surface area contributed by atoms with Gasteiger partial charge in [-0.15, -0.1) is 11.3 Å². The summed E-state index contributed by atoms with van der Waals surface area (Å²) in [4.78, 5) is 18.1. The van der Waals surface area contributed by atoms with E-state index in [4.69, 9.17) is 11.6 Å². The van der Waals surface area contributed by atoms with Gasteiger partial charge in [0.15, 0.2) is 4.80 Å². The Morgan fingerprint density at radius 2 is 1.90 bits per heavy atom. The zero-order chi connectivity index (χ0) is 22.3. The van der Waals surface area contributed by atoms with Gasteiger partial charge in [-0.2, -0.15) is 9.30 Å². The van der Waals surface area contributed by atoms with Gasteiger partial charge in [0.05, 0.1) is 14.6 Å². The number of hydrogen-bond acceptors (Lipinski definition) is 5. The van der Waals surface area contributed by atoms with Gasteiger partial charge in [0, 0.05) is 25.6 Å². The number of carbonyl (C=O) groups excluding carboxylic acids is 1. The summed E-state index contributed by atoms with van der Waals surface area (Å²) in [7, 11) is -3.56. The maximum Gasteiger partial charge on any atom is 0.252 e. The number of halogens is 1. The summed E-state index contributed by atoms with van der Waals surface area (Å²) < 4.78 is 30.9. The summed E-state index contributed by atoms with van der Waals surface area (Å²) in [6, 6.07) is 7.39. The van der Waals surface area contributed by atoms with Gasteiger partial charge in [0.2, 0.25) is 0 Å². The lowest BCUT2D eigenvalue weighted by Gasteiger charge is -2.29. The van der Waals surface area contributed by atoms with Crippen LogP contribution < -0.4 is 4.80 Å². The molecule has 1 amide bonds. The van der Waals surface area contributed by atoms with E-state index in [0.29, 0.717) is 35.1 Å². The monoisotopic (exact) mass is 497 g/mol. The maximum atomic E-state index is 12.9. The second-order valence-electron chi connectivity index (χ2n) is 7.75. The smallest absolute Gasteiger partial charge is 0.252 e. The van der Waals surface area contributed by atoms with Crippen molar-refractivity contribution in [1.29, 1.82) is 0 Å². The molecule has 6 nitrogen and oxygen atoms in total. The number of hydrogen-bond donors (Lipinski definition) is 0. The van der Waals surface area contributed by atoms with E-state index in [1.54, 1.807) is 6.07 Å². The van der Waals surface area contributed by atoms with Crippen LogP contribution in [0.5, 0.6) is 0 Å². The SMILES string of the molecule is CCn1c(=NC(=O)C2CCN(S(=O)(=O)c3ccc(Cl)s3)CC2)sc2c(C)cc(C)cc21. The highest BCUT2D eigenvalue weighted by Crippen LogP contribution is 2.31. The van der Waals surface area contributed by atoms with E-state index in [9.17, 15) is 13.2 Å². The molecule has 1 fully saturated rings. The Morgan fingerprint density at radius 1 is 1.19 bits per heavy atom. The van der Waals surface area contributed by atoms with E-state index in [0.717, 1.165) is 28.1 Å². The van der Waals surface area contributed by atoms with Crippen LogP contribution in [0.3, 0.4) is 0 Å². The van der Waals surface area contributed by atoms with Crippen molar-refractivity contribution in [2.75, 3.05) is 13.1 Å². The number of thiophene rings is 1. The summed E-state index contributed by atoms with van der Waals surface area (Å²) in [5.41, 5.74) is 3.47. The molecule has 31 heavy (non-hydrogen) atoms. The van der Waals surface area contributed by atoms with E-state index in [1.807, 2.05) is 6.92 Å². The van der Waals surface area contributed by atoms with Crippen molar-refractivity contribution in [3.05, 3.63) is 44.5 Å². The summed E-state index contributed by atoms with van der Waals surface area (Å²) in [5, 5.41) is 0. The fourth-order valence-corrected chi connectivity index (χ4v) is 8.25. The topological polar surface area (TPSA) is 71.7 Å². The normalized spacial score (nSPS) is 17.0. The molecule has 1 aliphatic heterocycles. The minimum atomic E-state index is -3.56. The average molecular weight is 498 g/mol. The Bertz CT molecular complexity index is 1310. The van der Waals surface area contributed by atoms with Crippen molar-refractivity contribution < 1.29 is 13.2 Å². The predicted molar refractivity (Wildman–Crippen MR) is 126 cm³/mol. The highest BCUT2D eigenvalue weighted by atomic mass is 35.5. The Balaban J connectivity index is 1.54. The molecule has 1 saturated heterocycles. The molecule has 0 N–H and O–H groups in total. The highest BCUT2D eigenvalue weighted by Gasteiger charge is 2.33. The number of carbonyl (C=O) groups is 1. The minimum absolute atomic E-state index is 0.167. The van der Waals surface area contributed by atoms with Crippen molar-refractivity contribution >= 4 is 60.4 Å². The van der Waals surface area contributed by atoms with Crippen molar-refractivity contribution in [2.45, 2.75) is 44.4 Å². The standard InChI is InChI=1S/C21H24ClN3O3S3/c1-4-25-16-12-13(2)11-14(3)19(16)30-21(25)23-20(26)15-7-9-24(10-8-15)31(27,28)18-6-5-17(22)29-18/h5-6,11-12,15H,4,7-10H2,1-3H3. The fourth-order valence-electron chi connectivity index (χ4n) is 4.00. The van der Waals surface area contributed by atoms with Crippen LogP contribution in [0.4, 0.5) is 0 Å². The van der Waals surface area contributed by atoms with Crippen molar-refractivity contribution in [2.24, 2.45) is 10.9 Å². The van der Waals surface area contributed by atoms with Crippen LogP contribution in [0.15, 0.2) is 33.5 Å². The first-order valence-corrected chi connectivity index (χ1v) is 13.6. The number of piperidine rings is 1. The van der Waals surface area contributed by atoms with Gasteiger partial charge >= 0.3 is 0 Å². The van der Waals surface area contributed by atoms with E-state index in [-0.39, 0.29) is 16.0 Å². The number of benzene rings is 1. The molecule has 0 aliphatic carbocycles. The van der Waals surface area contributed by atoms with Crippen molar-refractivity contribution in [3.63, 3.8) is 0 Å². The predicted octanol–water partition coefficient (Wildman–Crippen LogP) is 4.58. The van der Waals surface area contributed by atoms with Crippen molar-refractivity contribution in [3.8, 4) is 0 Å². The second-order valence-corrected chi connectivity index (χ2v) is 12.6. The number of aryl methyl sites for hydroxylation is 3. The number of thiazole rings is 1. The van der Waals surface area contributed by atoms with E-state index < -0.39 is 10.0 Å². The Labute approximate surface area is 194 Å². The van der Waals surface area contributed by atoms with Crippen LogP contribution >= 0.6 is 34.3 Å². The van der Waals surface area contributed by atoms with Gasteiger partial charge in [0.1, 0.15) is 4.21 Å². The maximum absolute atomic E-state index is 12.9. The molecule has 4 rings (SSSR count). The minimum Gasteiger partial charge on any atom is -0.317 e. The average Bonchev–Trinajstić information content (AvgIpc) is 3.32. The molecule has 0 radical (unpaired) electrons. The second kappa shape index (κ2) is 8.78. The molecular formula is C21H24ClN3O3S3. The van der Waals surface area contributed by atoms with Crippen LogP contribution in [0.1, 0.15) is 30.9 Å². The van der Waals surface area contributed by atoms with Crippen molar-refractivity contribution in [1.82, 2.24) is 8.87 Å². The summed E-state index contributed by atoms with van der Waals surface area (Å²) in [5.74, 6) is -0.434. The molecule has 0 saturated carbocycles. The lowest BCUT2D eigenvalue weighted by atomic mass is 9.98. The van der Waals surface area contributed by atoms with Crippen LogP contribution in [0, 0.1) is 19.8 Å². The van der Waals surface area contributed by atoms with Gasteiger partial charge in [-0.3, -0.25) is 4.79 Å². The van der Waals surface area contributed by atoms with Crippen LogP contribution in [0.2, 0.25) is 4.34 Å². The number of aromatic nitrogens is 1. The number of fused-ring (bicyclic) bond motifs is 1. The zero-order valence-corrected chi connectivity index (χ0v) is 20.8. The molecule has 3 heterocycles. The van der Waals surface area contributed by atoms with E-state index in [1.165, 1.54) is 32.8 Å². The quantitative estimate of drug-likeness (QED) is 0.529. The molecule has 2 aromatic heterocycles. The van der Waals surface area contributed by atoms with Crippen LogP contribution in [-0.4, -0.2) is 36.3 Å². The Morgan fingerprint density at radius 3 is 2.52 bits per heavy atom. The van der Waals surface area contributed by atoms with Gasteiger partial charge in [-0.05, 0) is 62.9 Å². The first kappa shape index (κ1) is 22.7. The van der Waals surface area contributed by atoms with Gasteiger partial charge in [0.25, 0.3) is 15.9 Å². The fraction of sp³-hybridized carbons (Fsp3) is 0.429. The van der Waals surface area contributed by atoms with Crippen LogP contribution in [0.25, 0.3) is 10.2 Å². The number of nitrogens with zero attached hydrogens (tertiary/aromatic N) is 3. The molecule has 0 bridgehead atoms. The van der Waals surface area contributed by atoms with Gasteiger partial charge in [-0.1, -0.05) is 29.0 Å². The third-order valence-corrected chi connectivity index (χ3v) is 10.4.